The molecule has 7 N–H and O–H groups in total. The first kappa shape index (κ1) is 26.1. The van der Waals surface area contributed by atoms with Gasteiger partial charge in [-0.15, -0.1) is 0 Å². The predicted octanol–water partition coefficient (Wildman–Crippen LogP) is 0.322. The summed E-state index contributed by atoms with van der Waals surface area (Å²) in [6.45, 7) is 4.48. The molecule has 2 heterocycles. The van der Waals surface area contributed by atoms with Crippen molar-refractivity contribution in [2.75, 3.05) is 58.5 Å². The van der Waals surface area contributed by atoms with Crippen molar-refractivity contribution in [2.45, 2.75) is 13.2 Å². The molecule has 35 heavy (non-hydrogen) atoms. The number of nitrogens with zero attached hydrogens (tertiary/aromatic N) is 3. The van der Waals surface area contributed by atoms with Crippen LogP contribution in [0.2, 0.25) is 0 Å². The van der Waals surface area contributed by atoms with Gasteiger partial charge in [-0.05, 0) is 11.1 Å². The summed E-state index contributed by atoms with van der Waals surface area (Å²) in [6.07, 6.45) is 1.51. The average molecular weight is 489 g/mol. The average Bonchev–Trinajstić information content (AvgIpc) is 3.34. The highest BCUT2D eigenvalue weighted by Gasteiger charge is 2.10. The first-order valence-electron chi connectivity index (χ1n) is 11.3. The molecule has 13 heteroatoms. The number of carbonyl (C=O) groups is 1. The molecule has 0 bridgehead atoms. The third-order valence-electron chi connectivity index (χ3n) is 4.66. The van der Waals surface area contributed by atoms with E-state index in [0.29, 0.717) is 82.9 Å². The van der Waals surface area contributed by atoms with Gasteiger partial charge in [0.05, 0.1) is 46.0 Å². The number of aromatic nitrogens is 4. The number of rotatable bonds is 16. The lowest BCUT2D eigenvalue weighted by Crippen LogP contribution is -2.37. The van der Waals surface area contributed by atoms with E-state index >= 15 is 0 Å². The Morgan fingerprint density at radius 1 is 0.914 bits per heavy atom. The molecule has 0 fully saturated rings. The lowest BCUT2D eigenvalue weighted by atomic mass is 10.1. The van der Waals surface area contributed by atoms with E-state index in [1.165, 1.54) is 6.33 Å². The topological polar surface area (TPSA) is 185 Å². The molecule has 0 radical (unpaired) electrons. The molecule has 0 atom stereocenters. The quantitative estimate of drug-likeness (QED) is 0.176. The molecule has 0 saturated carbocycles. The maximum atomic E-state index is 11.9. The number of ether oxygens (including phenoxy) is 4. The predicted molar refractivity (Wildman–Crippen MR) is 129 cm³/mol. The van der Waals surface area contributed by atoms with E-state index in [-0.39, 0.29) is 12.0 Å². The monoisotopic (exact) mass is 488 g/mol. The number of fused-ring (bicyclic) bond motifs is 1. The van der Waals surface area contributed by atoms with Crippen molar-refractivity contribution in [1.29, 1.82) is 0 Å². The Balaban J connectivity index is 1.25. The zero-order chi connectivity index (χ0) is 24.7. The standard InChI is InChI=1S/C22H32N8O5/c23-5-7-32-9-11-34-12-10-33-8-6-25-22(31)26-13-16-1-3-17(4-2-16)14-35-20-18-19(28-15-27-18)29-21(24)30-20/h1-4,15H,5-14,23H2,(H2,25,26,31)(H3,24,27,28,29,30). The number of nitrogens with two attached hydrogens (primary N) is 2. The number of amides is 2. The lowest BCUT2D eigenvalue weighted by Gasteiger charge is -2.10. The number of carbonyl (C=O) groups excluding carboxylic acids is 1. The molecular formula is C22H32N8O5. The highest BCUT2D eigenvalue weighted by molar-refractivity contribution is 5.76. The number of aromatic amines is 1. The van der Waals surface area contributed by atoms with Crippen LogP contribution in [0.25, 0.3) is 11.2 Å². The summed E-state index contributed by atoms with van der Waals surface area (Å²) in [5.41, 5.74) is 14.0. The molecule has 2 amide bonds. The van der Waals surface area contributed by atoms with Crippen molar-refractivity contribution in [3.8, 4) is 5.88 Å². The highest BCUT2D eigenvalue weighted by atomic mass is 16.5. The molecule has 2 aromatic heterocycles. The number of imidazole rings is 1. The van der Waals surface area contributed by atoms with E-state index in [1.807, 2.05) is 24.3 Å². The number of benzene rings is 1. The van der Waals surface area contributed by atoms with Gasteiger partial charge in [0.1, 0.15) is 12.1 Å². The molecule has 0 aliphatic rings. The summed E-state index contributed by atoms with van der Waals surface area (Å²) in [4.78, 5) is 27.1. The molecule has 1 aromatic carbocycles. The molecule has 0 saturated heterocycles. The Bertz CT molecular complexity index is 1030. The minimum absolute atomic E-state index is 0.0973. The van der Waals surface area contributed by atoms with Crippen LogP contribution in [0.5, 0.6) is 5.88 Å². The van der Waals surface area contributed by atoms with Crippen molar-refractivity contribution < 1.29 is 23.7 Å². The summed E-state index contributed by atoms with van der Waals surface area (Å²) in [5, 5.41) is 5.56. The van der Waals surface area contributed by atoms with Crippen LogP contribution in [-0.2, 0) is 27.4 Å². The summed E-state index contributed by atoms with van der Waals surface area (Å²) in [7, 11) is 0. The van der Waals surface area contributed by atoms with Crippen LogP contribution in [0.3, 0.4) is 0 Å². The number of urea groups is 1. The maximum Gasteiger partial charge on any atom is 0.315 e. The first-order valence-corrected chi connectivity index (χ1v) is 11.3. The third-order valence-corrected chi connectivity index (χ3v) is 4.66. The Morgan fingerprint density at radius 3 is 2.34 bits per heavy atom. The van der Waals surface area contributed by atoms with Crippen molar-refractivity contribution >= 4 is 23.1 Å². The zero-order valence-corrected chi connectivity index (χ0v) is 19.5. The number of nitrogen functional groups attached to an aromatic ring is 1. The lowest BCUT2D eigenvalue weighted by molar-refractivity contribution is 0.0168. The summed E-state index contributed by atoms with van der Waals surface area (Å²) < 4.78 is 21.7. The van der Waals surface area contributed by atoms with Crippen LogP contribution in [-0.4, -0.2) is 78.7 Å². The Labute approximate surface area is 202 Å². The fourth-order valence-electron chi connectivity index (χ4n) is 2.94. The molecule has 0 spiro atoms. The van der Waals surface area contributed by atoms with Gasteiger partial charge in [0, 0.05) is 19.6 Å². The molecule has 13 nitrogen and oxygen atoms in total. The SMILES string of the molecule is NCCOCCOCCOCCNC(=O)NCc1ccc(COc2nc(N)nc3nc[nH]c23)cc1. The molecule has 3 aromatic rings. The Kier molecular flexibility index (Phi) is 10.9. The van der Waals surface area contributed by atoms with Gasteiger partial charge in [0.2, 0.25) is 11.8 Å². The normalized spacial score (nSPS) is 11.0. The second-order valence-electron chi connectivity index (χ2n) is 7.33. The van der Waals surface area contributed by atoms with Gasteiger partial charge in [0.15, 0.2) is 5.65 Å². The fraction of sp³-hybridized carbons (Fsp3) is 0.455. The maximum absolute atomic E-state index is 11.9. The van der Waals surface area contributed by atoms with Crippen LogP contribution in [0.4, 0.5) is 10.7 Å². The molecule has 190 valence electrons. The number of nitrogens with one attached hydrogen (secondary N) is 3. The van der Waals surface area contributed by atoms with Crippen LogP contribution < -0.4 is 26.8 Å². The van der Waals surface area contributed by atoms with Gasteiger partial charge >= 0.3 is 6.03 Å². The summed E-state index contributed by atoms with van der Waals surface area (Å²) in [6, 6.07) is 7.42. The summed E-state index contributed by atoms with van der Waals surface area (Å²) in [5.74, 6) is 0.442. The molecule has 0 unspecified atom stereocenters. The van der Waals surface area contributed by atoms with E-state index < -0.39 is 0 Å². The fourth-order valence-corrected chi connectivity index (χ4v) is 2.94. The number of hydrogen-bond acceptors (Lipinski definition) is 10. The van der Waals surface area contributed by atoms with Gasteiger partial charge in [-0.25, -0.2) is 9.78 Å². The van der Waals surface area contributed by atoms with Crippen LogP contribution in [0.15, 0.2) is 30.6 Å². The minimum Gasteiger partial charge on any atom is -0.471 e. The summed E-state index contributed by atoms with van der Waals surface area (Å²) >= 11 is 0. The molecule has 3 rings (SSSR count). The van der Waals surface area contributed by atoms with Gasteiger partial charge in [-0.1, -0.05) is 24.3 Å². The van der Waals surface area contributed by atoms with Gasteiger partial charge in [-0.3, -0.25) is 0 Å². The second-order valence-corrected chi connectivity index (χ2v) is 7.33. The van der Waals surface area contributed by atoms with E-state index in [0.717, 1.165) is 11.1 Å². The van der Waals surface area contributed by atoms with E-state index in [2.05, 4.69) is 30.6 Å². The van der Waals surface area contributed by atoms with E-state index in [4.69, 9.17) is 30.4 Å². The van der Waals surface area contributed by atoms with Crippen molar-refractivity contribution in [1.82, 2.24) is 30.6 Å². The Morgan fingerprint density at radius 2 is 1.60 bits per heavy atom. The minimum atomic E-state index is -0.265. The van der Waals surface area contributed by atoms with Crippen molar-refractivity contribution in [3.63, 3.8) is 0 Å². The zero-order valence-electron chi connectivity index (χ0n) is 19.5. The first-order chi connectivity index (χ1) is 17.2. The highest BCUT2D eigenvalue weighted by Crippen LogP contribution is 2.20. The van der Waals surface area contributed by atoms with Crippen molar-refractivity contribution in [2.24, 2.45) is 5.73 Å². The Hall–Kier alpha value is -3.52. The van der Waals surface area contributed by atoms with Gasteiger partial charge in [-0.2, -0.15) is 9.97 Å². The largest absolute Gasteiger partial charge is 0.471 e. The molecule has 0 aliphatic heterocycles. The molecular weight excluding hydrogens is 456 g/mol. The number of anilines is 1. The number of H-pyrrole nitrogens is 1. The third kappa shape index (κ3) is 9.33. The van der Waals surface area contributed by atoms with Crippen molar-refractivity contribution in [3.05, 3.63) is 41.7 Å². The van der Waals surface area contributed by atoms with Gasteiger partial charge in [0.25, 0.3) is 0 Å². The van der Waals surface area contributed by atoms with Gasteiger partial charge < -0.3 is 46.0 Å². The van der Waals surface area contributed by atoms with E-state index in [1.54, 1.807) is 0 Å². The van der Waals surface area contributed by atoms with Crippen LogP contribution in [0, 0.1) is 0 Å². The van der Waals surface area contributed by atoms with Crippen LogP contribution >= 0.6 is 0 Å². The smallest absolute Gasteiger partial charge is 0.315 e. The second kappa shape index (κ2) is 14.7. The molecule has 0 aliphatic carbocycles. The van der Waals surface area contributed by atoms with Crippen LogP contribution in [0.1, 0.15) is 11.1 Å². The number of hydrogen-bond donors (Lipinski definition) is 5. The van der Waals surface area contributed by atoms with E-state index in [9.17, 15) is 4.79 Å².